The first kappa shape index (κ1) is 17.3. The molecular formula is C19H16F3N5. The van der Waals surface area contributed by atoms with Crippen LogP contribution in [0.5, 0.6) is 0 Å². The van der Waals surface area contributed by atoms with Crippen molar-refractivity contribution in [3.05, 3.63) is 65.9 Å². The maximum absolute atomic E-state index is 12.7. The summed E-state index contributed by atoms with van der Waals surface area (Å²) in [5.41, 5.74) is 2.08. The Morgan fingerprint density at radius 3 is 2.56 bits per heavy atom. The van der Waals surface area contributed by atoms with Crippen molar-refractivity contribution in [3.63, 3.8) is 0 Å². The Kier molecular flexibility index (Phi) is 4.39. The topological polar surface area (TPSA) is 53.9 Å². The molecule has 0 amide bonds. The normalized spacial score (nSPS) is 14.0. The summed E-state index contributed by atoms with van der Waals surface area (Å²) in [5, 5.41) is 11.1. The fourth-order valence-corrected chi connectivity index (χ4v) is 3.10. The van der Waals surface area contributed by atoms with Crippen LogP contribution in [0.25, 0.3) is 0 Å². The molecule has 3 aromatic rings. The van der Waals surface area contributed by atoms with Crippen LogP contribution in [0, 0.1) is 0 Å². The van der Waals surface area contributed by atoms with E-state index in [1.54, 1.807) is 0 Å². The molecule has 1 aliphatic heterocycles. The predicted octanol–water partition coefficient (Wildman–Crippen LogP) is 4.72. The van der Waals surface area contributed by atoms with Crippen molar-refractivity contribution in [1.82, 2.24) is 15.2 Å². The van der Waals surface area contributed by atoms with Gasteiger partial charge in [0.1, 0.15) is 0 Å². The number of hydrogen-bond donors (Lipinski definition) is 1. The summed E-state index contributed by atoms with van der Waals surface area (Å²) in [7, 11) is 0. The molecule has 2 aromatic carbocycles. The van der Waals surface area contributed by atoms with E-state index in [0.717, 1.165) is 37.2 Å². The zero-order valence-electron chi connectivity index (χ0n) is 14.2. The maximum Gasteiger partial charge on any atom is 0.416 e. The third-order valence-electron chi connectivity index (χ3n) is 4.38. The highest BCUT2D eigenvalue weighted by Gasteiger charge is 2.30. The Bertz CT molecular complexity index is 941. The molecular weight excluding hydrogens is 355 g/mol. The van der Waals surface area contributed by atoms with Crippen LogP contribution in [0.4, 0.5) is 36.3 Å². The summed E-state index contributed by atoms with van der Waals surface area (Å²) >= 11 is 0. The van der Waals surface area contributed by atoms with Crippen LogP contribution in [0.15, 0.2) is 54.7 Å². The first-order valence-corrected chi connectivity index (χ1v) is 8.50. The molecule has 5 nitrogen and oxygen atoms in total. The van der Waals surface area contributed by atoms with Gasteiger partial charge in [-0.2, -0.15) is 23.3 Å². The van der Waals surface area contributed by atoms with E-state index in [-0.39, 0.29) is 0 Å². The molecule has 8 heteroatoms. The molecule has 27 heavy (non-hydrogen) atoms. The van der Waals surface area contributed by atoms with Crippen LogP contribution in [0.1, 0.15) is 17.5 Å². The zero-order chi connectivity index (χ0) is 18.9. The highest BCUT2D eigenvalue weighted by atomic mass is 19.4. The monoisotopic (exact) mass is 371 g/mol. The summed E-state index contributed by atoms with van der Waals surface area (Å²) < 4.78 is 38.0. The van der Waals surface area contributed by atoms with Gasteiger partial charge in [0.15, 0.2) is 5.82 Å². The third kappa shape index (κ3) is 3.69. The van der Waals surface area contributed by atoms with Crippen molar-refractivity contribution in [1.29, 1.82) is 0 Å². The second-order valence-corrected chi connectivity index (χ2v) is 6.23. The van der Waals surface area contributed by atoms with Gasteiger partial charge in [-0.25, -0.2) is 0 Å². The Morgan fingerprint density at radius 1 is 1.00 bits per heavy atom. The molecule has 0 radical (unpaired) electrons. The van der Waals surface area contributed by atoms with Crippen LogP contribution in [-0.4, -0.2) is 21.7 Å². The molecule has 0 aliphatic carbocycles. The van der Waals surface area contributed by atoms with Crippen molar-refractivity contribution in [3.8, 4) is 0 Å². The second kappa shape index (κ2) is 6.86. The van der Waals surface area contributed by atoms with E-state index in [1.807, 2.05) is 23.1 Å². The number of benzene rings is 2. The van der Waals surface area contributed by atoms with Crippen molar-refractivity contribution < 1.29 is 13.2 Å². The predicted molar refractivity (Wildman–Crippen MR) is 96.3 cm³/mol. The van der Waals surface area contributed by atoms with Crippen LogP contribution in [-0.2, 0) is 12.6 Å². The second-order valence-electron chi connectivity index (χ2n) is 6.23. The van der Waals surface area contributed by atoms with E-state index >= 15 is 0 Å². The molecule has 1 aliphatic rings. The van der Waals surface area contributed by atoms with Crippen LogP contribution < -0.4 is 10.2 Å². The Balaban J connectivity index is 1.57. The molecule has 0 unspecified atom stereocenters. The van der Waals surface area contributed by atoms with Gasteiger partial charge in [0.25, 0.3) is 5.95 Å². The van der Waals surface area contributed by atoms with E-state index in [2.05, 4.69) is 26.6 Å². The van der Waals surface area contributed by atoms with Gasteiger partial charge in [0.05, 0.1) is 11.8 Å². The van der Waals surface area contributed by atoms with Gasteiger partial charge in [-0.1, -0.05) is 18.2 Å². The maximum atomic E-state index is 12.7. The van der Waals surface area contributed by atoms with Gasteiger partial charge in [-0.15, -0.1) is 5.10 Å². The van der Waals surface area contributed by atoms with Gasteiger partial charge in [-0.3, -0.25) is 0 Å². The molecule has 0 atom stereocenters. The van der Waals surface area contributed by atoms with Crippen molar-refractivity contribution in [2.24, 2.45) is 0 Å². The number of para-hydroxylation sites is 1. The SMILES string of the molecule is FC(F)(F)c1ccc(Nc2cnnc(N3CCCc4ccccc43)n2)cc1. The molecule has 2 heterocycles. The van der Waals surface area contributed by atoms with Crippen molar-refractivity contribution in [2.45, 2.75) is 19.0 Å². The lowest BCUT2D eigenvalue weighted by molar-refractivity contribution is -0.137. The molecule has 0 saturated carbocycles. The van der Waals surface area contributed by atoms with Gasteiger partial charge in [0.2, 0.25) is 0 Å². The van der Waals surface area contributed by atoms with Crippen molar-refractivity contribution >= 4 is 23.1 Å². The minimum Gasteiger partial charge on any atom is -0.339 e. The third-order valence-corrected chi connectivity index (χ3v) is 4.38. The van der Waals surface area contributed by atoms with E-state index in [1.165, 1.54) is 23.9 Å². The molecule has 0 bridgehead atoms. The number of aryl methyl sites for hydroxylation is 1. The van der Waals surface area contributed by atoms with Crippen LogP contribution in [0.3, 0.4) is 0 Å². The molecule has 1 N–H and O–H groups in total. The first-order chi connectivity index (χ1) is 13.0. The van der Waals surface area contributed by atoms with Crippen LogP contribution in [0.2, 0.25) is 0 Å². The fourth-order valence-electron chi connectivity index (χ4n) is 3.10. The molecule has 1 aromatic heterocycles. The summed E-state index contributed by atoms with van der Waals surface area (Å²) in [6.45, 7) is 0.780. The summed E-state index contributed by atoms with van der Waals surface area (Å²) in [6, 6.07) is 12.9. The highest BCUT2D eigenvalue weighted by Crippen LogP contribution is 2.32. The Hall–Kier alpha value is -3.16. The summed E-state index contributed by atoms with van der Waals surface area (Å²) in [4.78, 5) is 6.48. The van der Waals surface area contributed by atoms with Gasteiger partial charge in [-0.05, 0) is 48.7 Å². The fraction of sp³-hybridized carbons (Fsp3) is 0.211. The van der Waals surface area contributed by atoms with Gasteiger partial charge in [0, 0.05) is 17.9 Å². The standard InChI is InChI=1S/C19H16F3N5/c20-19(21,22)14-7-9-15(10-8-14)24-17-12-23-26-18(25-17)27-11-3-5-13-4-1-2-6-16(13)27/h1-2,4,6-10,12H,3,5,11H2,(H,24,25,26). The number of hydrogen-bond acceptors (Lipinski definition) is 5. The zero-order valence-corrected chi connectivity index (χ0v) is 14.2. The van der Waals surface area contributed by atoms with Crippen LogP contribution >= 0.6 is 0 Å². The van der Waals surface area contributed by atoms with Crippen molar-refractivity contribution in [2.75, 3.05) is 16.8 Å². The smallest absolute Gasteiger partial charge is 0.339 e. The van der Waals surface area contributed by atoms with Gasteiger partial charge < -0.3 is 10.2 Å². The number of anilines is 4. The number of rotatable bonds is 3. The lowest BCUT2D eigenvalue weighted by Gasteiger charge is -2.29. The van der Waals surface area contributed by atoms with E-state index < -0.39 is 11.7 Å². The highest BCUT2D eigenvalue weighted by molar-refractivity contribution is 5.64. The van der Waals surface area contributed by atoms with E-state index in [4.69, 9.17) is 0 Å². The average molecular weight is 371 g/mol. The Labute approximate surface area is 153 Å². The minimum atomic E-state index is -4.36. The van der Waals surface area contributed by atoms with Gasteiger partial charge >= 0.3 is 6.18 Å². The quantitative estimate of drug-likeness (QED) is 0.722. The first-order valence-electron chi connectivity index (χ1n) is 8.50. The lowest BCUT2D eigenvalue weighted by atomic mass is 10.0. The molecule has 0 fully saturated rings. The molecule has 0 saturated heterocycles. The summed E-state index contributed by atoms with van der Waals surface area (Å²) in [5.74, 6) is 0.877. The summed E-state index contributed by atoms with van der Waals surface area (Å²) in [6.07, 6.45) is -0.929. The number of nitrogens with one attached hydrogen (secondary N) is 1. The largest absolute Gasteiger partial charge is 0.416 e. The number of nitrogens with zero attached hydrogens (tertiary/aromatic N) is 4. The minimum absolute atomic E-state index is 0.419. The Morgan fingerprint density at radius 2 is 1.78 bits per heavy atom. The number of halogens is 3. The van der Waals surface area contributed by atoms with E-state index in [0.29, 0.717) is 17.5 Å². The molecule has 0 spiro atoms. The molecule has 138 valence electrons. The average Bonchev–Trinajstić information content (AvgIpc) is 2.67. The number of aromatic nitrogens is 3. The number of alkyl halides is 3. The molecule has 4 rings (SSSR count). The van der Waals surface area contributed by atoms with E-state index in [9.17, 15) is 13.2 Å². The number of fused-ring (bicyclic) bond motifs is 1. The lowest BCUT2D eigenvalue weighted by Crippen LogP contribution is -2.26.